The summed E-state index contributed by atoms with van der Waals surface area (Å²) < 4.78 is 4.48. The number of phenols is 2. The van der Waals surface area contributed by atoms with E-state index in [4.69, 9.17) is 0 Å². The van der Waals surface area contributed by atoms with Crippen molar-refractivity contribution in [3.8, 4) is 11.5 Å². The third-order valence-electron chi connectivity index (χ3n) is 2.46. The lowest BCUT2D eigenvalue weighted by Gasteiger charge is -2.20. The van der Waals surface area contributed by atoms with Crippen LogP contribution < -0.4 is 0 Å². The van der Waals surface area contributed by atoms with Crippen molar-refractivity contribution >= 4 is 11.9 Å². The van der Waals surface area contributed by atoms with E-state index in [0.29, 0.717) is 0 Å². The van der Waals surface area contributed by atoms with E-state index < -0.39 is 17.6 Å². The van der Waals surface area contributed by atoms with Gasteiger partial charge in [-0.25, -0.2) is 0 Å². The molecule has 1 aromatic carbocycles. The Morgan fingerprint density at radius 1 is 1.33 bits per heavy atom. The van der Waals surface area contributed by atoms with Gasteiger partial charge in [0.05, 0.1) is 12.7 Å². The SMILES string of the molecule is CCN(CC(=O)OC)C(=O)c1cccc(O)c1O. The first-order chi connectivity index (χ1) is 8.51. The minimum Gasteiger partial charge on any atom is -0.504 e. The van der Waals surface area contributed by atoms with Gasteiger partial charge in [0.15, 0.2) is 11.5 Å². The van der Waals surface area contributed by atoms with Gasteiger partial charge in [0.1, 0.15) is 6.54 Å². The first-order valence-corrected chi connectivity index (χ1v) is 5.38. The minimum atomic E-state index is -0.551. The summed E-state index contributed by atoms with van der Waals surface area (Å²) in [6.07, 6.45) is 0. The van der Waals surface area contributed by atoms with E-state index in [1.54, 1.807) is 6.92 Å². The quantitative estimate of drug-likeness (QED) is 0.610. The van der Waals surface area contributed by atoms with Crippen LogP contribution in [0.15, 0.2) is 18.2 Å². The molecule has 1 aromatic rings. The predicted molar refractivity (Wildman–Crippen MR) is 63.4 cm³/mol. The first-order valence-electron chi connectivity index (χ1n) is 5.38. The molecular formula is C12H15NO5. The number of carbonyl (C=O) groups is 2. The minimum absolute atomic E-state index is 0.0549. The van der Waals surface area contributed by atoms with E-state index in [1.807, 2.05) is 0 Å². The molecular weight excluding hydrogens is 238 g/mol. The van der Waals surface area contributed by atoms with Crippen LogP contribution >= 0.6 is 0 Å². The fourth-order valence-electron chi connectivity index (χ4n) is 1.42. The zero-order valence-corrected chi connectivity index (χ0v) is 10.2. The van der Waals surface area contributed by atoms with Gasteiger partial charge in [0.2, 0.25) is 0 Å². The van der Waals surface area contributed by atoms with Crippen LogP contribution in [-0.2, 0) is 9.53 Å². The van der Waals surface area contributed by atoms with Gasteiger partial charge in [0.25, 0.3) is 5.91 Å². The normalized spacial score (nSPS) is 9.89. The summed E-state index contributed by atoms with van der Waals surface area (Å²) in [6.45, 7) is 1.77. The Labute approximate surface area is 104 Å². The Bertz CT molecular complexity index is 458. The number of aromatic hydroxyl groups is 2. The fourth-order valence-corrected chi connectivity index (χ4v) is 1.42. The number of nitrogens with zero attached hydrogens (tertiary/aromatic N) is 1. The number of esters is 1. The summed E-state index contributed by atoms with van der Waals surface area (Å²) in [7, 11) is 1.23. The summed E-state index contributed by atoms with van der Waals surface area (Å²) in [5.74, 6) is -1.97. The van der Waals surface area contributed by atoms with E-state index in [2.05, 4.69) is 4.74 Å². The molecule has 18 heavy (non-hydrogen) atoms. The van der Waals surface area contributed by atoms with Gasteiger partial charge < -0.3 is 19.8 Å². The largest absolute Gasteiger partial charge is 0.504 e. The average Bonchev–Trinajstić information content (AvgIpc) is 2.38. The molecule has 0 saturated carbocycles. The molecule has 2 N–H and O–H groups in total. The van der Waals surface area contributed by atoms with Crippen molar-refractivity contribution in [3.05, 3.63) is 23.8 Å². The standard InChI is InChI=1S/C12H15NO5/c1-3-13(7-10(15)18-2)12(17)8-5-4-6-9(14)11(8)16/h4-6,14,16H,3,7H2,1-2H3. The number of methoxy groups -OCH3 is 1. The van der Waals surface area contributed by atoms with E-state index in [9.17, 15) is 19.8 Å². The van der Waals surface area contributed by atoms with Gasteiger partial charge in [0, 0.05) is 6.54 Å². The van der Waals surface area contributed by atoms with E-state index in [-0.39, 0.29) is 24.4 Å². The summed E-state index contributed by atoms with van der Waals surface area (Å²) in [5, 5.41) is 18.9. The third-order valence-corrected chi connectivity index (χ3v) is 2.46. The highest BCUT2D eigenvalue weighted by Gasteiger charge is 2.21. The number of para-hydroxylation sites is 1. The summed E-state index contributed by atoms with van der Waals surface area (Å²) in [6, 6.07) is 4.08. The number of hydrogen-bond donors (Lipinski definition) is 2. The number of amides is 1. The van der Waals surface area contributed by atoms with Gasteiger partial charge in [-0.15, -0.1) is 0 Å². The maximum Gasteiger partial charge on any atom is 0.325 e. The number of benzene rings is 1. The molecule has 1 rings (SSSR count). The second kappa shape index (κ2) is 5.90. The fraction of sp³-hybridized carbons (Fsp3) is 0.333. The highest BCUT2D eigenvalue weighted by atomic mass is 16.5. The highest BCUT2D eigenvalue weighted by Crippen LogP contribution is 2.29. The molecule has 0 aliphatic rings. The molecule has 6 nitrogen and oxygen atoms in total. The van der Waals surface area contributed by atoms with E-state index >= 15 is 0 Å². The molecule has 0 aromatic heterocycles. The molecule has 1 amide bonds. The maximum atomic E-state index is 12.0. The van der Waals surface area contributed by atoms with Gasteiger partial charge in [-0.05, 0) is 19.1 Å². The van der Waals surface area contributed by atoms with E-state index in [0.717, 1.165) is 0 Å². The lowest BCUT2D eigenvalue weighted by atomic mass is 10.1. The van der Waals surface area contributed by atoms with Crippen LogP contribution in [0.25, 0.3) is 0 Å². The van der Waals surface area contributed by atoms with Gasteiger partial charge in [-0.2, -0.15) is 0 Å². The average molecular weight is 253 g/mol. The number of ether oxygens (including phenoxy) is 1. The summed E-state index contributed by atoms with van der Waals surface area (Å²) >= 11 is 0. The van der Waals surface area contributed by atoms with Crippen LogP contribution in [-0.4, -0.2) is 47.2 Å². The Kier molecular flexibility index (Phi) is 4.53. The molecule has 0 aliphatic carbocycles. The Balaban J connectivity index is 2.97. The highest BCUT2D eigenvalue weighted by molar-refractivity contribution is 5.99. The van der Waals surface area contributed by atoms with Crippen molar-refractivity contribution in [1.29, 1.82) is 0 Å². The molecule has 98 valence electrons. The second-order valence-corrected chi connectivity index (χ2v) is 3.57. The van der Waals surface area contributed by atoms with Crippen molar-refractivity contribution < 1.29 is 24.5 Å². The lowest BCUT2D eigenvalue weighted by molar-refractivity contribution is -0.141. The Morgan fingerprint density at radius 2 is 2.00 bits per heavy atom. The Morgan fingerprint density at radius 3 is 2.56 bits per heavy atom. The molecule has 0 saturated heterocycles. The van der Waals surface area contributed by atoms with E-state index in [1.165, 1.54) is 30.2 Å². The molecule has 0 atom stereocenters. The molecule has 0 fully saturated rings. The van der Waals surface area contributed by atoms with Crippen molar-refractivity contribution in [2.24, 2.45) is 0 Å². The zero-order chi connectivity index (χ0) is 13.7. The zero-order valence-electron chi connectivity index (χ0n) is 10.2. The predicted octanol–water partition coefficient (Wildman–Crippen LogP) is 0.733. The monoisotopic (exact) mass is 253 g/mol. The second-order valence-electron chi connectivity index (χ2n) is 3.57. The Hall–Kier alpha value is -2.24. The topological polar surface area (TPSA) is 87.1 Å². The summed E-state index contributed by atoms with van der Waals surface area (Å²) in [4.78, 5) is 24.4. The number of rotatable bonds is 4. The van der Waals surface area contributed by atoms with Crippen LogP contribution in [0.2, 0.25) is 0 Å². The molecule has 0 unspecified atom stereocenters. The molecule has 6 heteroatoms. The van der Waals surface area contributed by atoms with Crippen molar-refractivity contribution in [2.75, 3.05) is 20.2 Å². The molecule has 0 aliphatic heterocycles. The van der Waals surface area contributed by atoms with Gasteiger partial charge in [-0.1, -0.05) is 6.07 Å². The van der Waals surface area contributed by atoms with Crippen LogP contribution in [0.4, 0.5) is 0 Å². The summed E-state index contributed by atoms with van der Waals surface area (Å²) in [5.41, 5.74) is -0.0549. The molecule has 0 bridgehead atoms. The number of phenolic OH excluding ortho intramolecular Hbond substituents is 2. The number of hydrogen-bond acceptors (Lipinski definition) is 5. The lowest BCUT2D eigenvalue weighted by Crippen LogP contribution is -2.36. The number of likely N-dealkylation sites (N-methyl/N-ethyl adjacent to an activating group) is 1. The van der Waals surface area contributed by atoms with Crippen molar-refractivity contribution in [2.45, 2.75) is 6.92 Å². The maximum absolute atomic E-state index is 12.0. The molecule has 0 heterocycles. The first kappa shape index (κ1) is 13.8. The molecule has 0 spiro atoms. The number of carbonyl (C=O) groups excluding carboxylic acids is 2. The van der Waals surface area contributed by atoms with Crippen LogP contribution in [0, 0.1) is 0 Å². The third kappa shape index (κ3) is 2.91. The molecule has 0 radical (unpaired) electrons. The van der Waals surface area contributed by atoms with Gasteiger partial charge in [-0.3, -0.25) is 9.59 Å². The van der Waals surface area contributed by atoms with Crippen molar-refractivity contribution in [1.82, 2.24) is 4.90 Å². The van der Waals surface area contributed by atoms with Crippen LogP contribution in [0.3, 0.4) is 0 Å². The van der Waals surface area contributed by atoms with Crippen LogP contribution in [0.1, 0.15) is 17.3 Å². The van der Waals surface area contributed by atoms with Crippen LogP contribution in [0.5, 0.6) is 11.5 Å². The van der Waals surface area contributed by atoms with Gasteiger partial charge >= 0.3 is 5.97 Å². The smallest absolute Gasteiger partial charge is 0.325 e. The van der Waals surface area contributed by atoms with Crippen molar-refractivity contribution in [3.63, 3.8) is 0 Å².